The standard InChI is InChI=1S/C25H29NO4S.K/c1-4-29-24(25(27)28)17-19-6-10-21(11-7-19)30-16-15-26-18(2)5-14-23(26)20-8-12-22(31-3)13-9-20;/h5-14,24H,4,15-17H2,1-3H3,(H,27,28);/q;+1/p-1/t24-;/m0./s1. The van der Waals surface area contributed by atoms with Gasteiger partial charge in [0.15, 0.2) is 0 Å². The van der Waals surface area contributed by atoms with Crippen molar-refractivity contribution in [3.63, 3.8) is 0 Å². The van der Waals surface area contributed by atoms with E-state index in [1.807, 2.05) is 24.3 Å². The molecule has 0 amide bonds. The Bertz CT molecular complexity index is 986. The largest absolute Gasteiger partial charge is 1.00 e. The van der Waals surface area contributed by atoms with Gasteiger partial charge < -0.3 is 23.9 Å². The molecule has 1 atom stereocenters. The number of rotatable bonds is 11. The number of ether oxygens (including phenoxy) is 2. The van der Waals surface area contributed by atoms with Crippen LogP contribution < -0.4 is 61.2 Å². The van der Waals surface area contributed by atoms with Crippen molar-refractivity contribution in [2.45, 2.75) is 37.8 Å². The summed E-state index contributed by atoms with van der Waals surface area (Å²) >= 11 is 1.74. The first-order chi connectivity index (χ1) is 15.0. The van der Waals surface area contributed by atoms with Crippen LogP contribution in [-0.2, 0) is 22.5 Å². The molecule has 2 aromatic carbocycles. The summed E-state index contributed by atoms with van der Waals surface area (Å²) in [7, 11) is 0. The quantitative estimate of drug-likeness (QED) is 0.304. The smallest absolute Gasteiger partial charge is 0.547 e. The number of hydrogen-bond acceptors (Lipinski definition) is 5. The Labute approximate surface area is 236 Å². The third-order valence-corrected chi connectivity index (χ3v) is 5.89. The monoisotopic (exact) mass is 477 g/mol. The van der Waals surface area contributed by atoms with Gasteiger partial charge in [-0.05, 0) is 67.6 Å². The van der Waals surface area contributed by atoms with Gasteiger partial charge in [0.1, 0.15) is 18.5 Å². The van der Waals surface area contributed by atoms with Gasteiger partial charge in [-0.25, -0.2) is 0 Å². The number of carbonyl (C=O) groups is 1. The molecule has 3 aromatic rings. The van der Waals surface area contributed by atoms with Crippen LogP contribution in [0.3, 0.4) is 0 Å². The van der Waals surface area contributed by atoms with Crippen LogP contribution in [0.15, 0.2) is 65.6 Å². The number of carbonyl (C=O) groups excluding carboxylic acids is 1. The zero-order valence-electron chi connectivity index (χ0n) is 19.2. The van der Waals surface area contributed by atoms with Gasteiger partial charge in [-0.3, -0.25) is 0 Å². The summed E-state index contributed by atoms with van der Waals surface area (Å²) < 4.78 is 13.4. The van der Waals surface area contributed by atoms with E-state index in [9.17, 15) is 9.90 Å². The average Bonchev–Trinajstić information content (AvgIpc) is 3.15. The van der Waals surface area contributed by atoms with Gasteiger partial charge >= 0.3 is 51.4 Å². The molecule has 7 heteroatoms. The Morgan fingerprint density at radius 1 is 1.06 bits per heavy atom. The number of carboxylic acid groups (broad SMARTS) is 1. The number of hydrogen-bond donors (Lipinski definition) is 0. The maximum Gasteiger partial charge on any atom is 1.00 e. The van der Waals surface area contributed by atoms with Crippen molar-refractivity contribution < 1.29 is 70.8 Å². The minimum absolute atomic E-state index is 0. The van der Waals surface area contributed by atoms with Crippen molar-refractivity contribution in [2.24, 2.45) is 0 Å². The first-order valence-electron chi connectivity index (χ1n) is 10.4. The van der Waals surface area contributed by atoms with E-state index in [2.05, 4.69) is 54.1 Å². The molecule has 0 saturated heterocycles. The summed E-state index contributed by atoms with van der Waals surface area (Å²) in [5.41, 5.74) is 4.42. The van der Waals surface area contributed by atoms with Crippen molar-refractivity contribution in [2.75, 3.05) is 19.5 Å². The Morgan fingerprint density at radius 2 is 1.75 bits per heavy atom. The summed E-state index contributed by atoms with van der Waals surface area (Å²) in [5, 5.41) is 11.1. The average molecular weight is 478 g/mol. The number of carboxylic acids is 1. The molecule has 0 bridgehead atoms. The van der Waals surface area contributed by atoms with Gasteiger partial charge in [0.2, 0.25) is 0 Å². The molecule has 0 aliphatic heterocycles. The molecule has 5 nitrogen and oxygen atoms in total. The van der Waals surface area contributed by atoms with E-state index in [0.29, 0.717) is 13.2 Å². The van der Waals surface area contributed by atoms with Gasteiger partial charge in [0.25, 0.3) is 0 Å². The SMILES string of the molecule is CCO[C@@H](Cc1ccc(OCCn2c(C)ccc2-c2ccc(SC)cc2)cc1)C(=O)[O-].[K+]. The summed E-state index contributed by atoms with van der Waals surface area (Å²) in [5.74, 6) is -0.441. The van der Waals surface area contributed by atoms with Crippen molar-refractivity contribution in [3.05, 3.63) is 71.9 Å². The topological polar surface area (TPSA) is 63.5 Å². The van der Waals surface area contributed by atoms with E-state index < -0.39 is 12.1 Å². The molecule has 0 aliphatic carbocycles. The summed E-state index contributed by atoms with van der Waals surface area (Å²) in [4.78, 5) is 12.4. The van der Waals surface area contributed by atoms with E-state index in [4.69, 9.17) is 9.47 Å². The number of aromatic nitrogens is 1. The Hall–Kier alpha value is -1.06. The fourth-order valence-electron chi connectivity index (χ4n) is 3.48. The number of aliphatic carboxylic acids is 1. The second-order valence-electron chi connectivity index (χ2n) is 7.20. The van der Waals surface area contributed by atoms with Crippen LogP contribution in [0.25, 0.3) is 11.3 Å². The molecule has 0 spiro atoms. The van der Waals surface area contributed by atoms with Crippen molar-refractivity contribution >= 4 is 17.7 Å². The second kappa shape index (κ2) is 13.6. The molecular weight excluding hydrogens is 449 g/mol. The normalized spacial score (nSPS) is 11.6. The van der Waals surface area contributed by atoms with Crippen LogP contribution in [0.5, 0.6) is 5.75 Å². The fourth-order valence-corrected chi connectivity index (χ4v) is 3.89. The van der Waals surface area contributed by atoms with Gasteiger partial charge in [0.05, 0.1) is 12.5 Å². The van der Waals surface area contributed by atoms with E-state index in [1.54, 1.807) is 18.7 Å². The minimum Gasteiger partial charge on any atom is -0.547 e. The van der Waals surface area contributed by atoms with Crippen LogP contribution in [-0.4, -0.2) is 36.1 Å². The number of thioether (sulfide) groups is 1. The third-order valence-electron chi connectivity index (χ3n) is 5.14. The van der Waals surface area contributed by atoms with Gasteiger partial charge in [0, 0.05) is 29.3 Å². The Morgan fingerprint density at radius 3 is 2.34 bits per heavy atom. The Kier molecular flexibility index (Phi) is 11.6. The van der Waals surface area contributed by atoms with Gasteiger partial charge in [-0.2, -0.15) is 0 Å². The van der Waals surface area contributed by atoms with E-state index >= 15 is 0 Å². The molecule has 0 fully saturated rings. The van der Waals surface area contributed by atoms with Gasteiger partial charge in [-0.15, -0.1) is 11.8 Å². The maximum absolute atomic E-state index is 11.1. The number of benzene rings is 2. The predicted molar refractivity (Wildman–Crippen MR) is 122 cm³/mol. The molecule has 0 saturated carbocycles. The molecule has 32 heavy (non-hydrogen) atoms. The van der Waals surface area contributed by atoms with E-state index in [0.717, 1.165) is 17.9 Å². The third kappa shape index (κ3) is 7.48. The van der Waals surface area contributed by atoms with E-state index in [1.165, 1.54) is 21.8 Å². The molecule has 1 heterocycles. The predicted octanol–water partition coefficient (Wildman–Crippen LogP) is 0.966. The maximum atomic E-state index is 11.1. The van der Waals surface area contributed by atoms with Crippen molar-refractivity contribution in [1.29, 1.82) is 0 Å². The number of aryl methyl sites for hydroxylation is 1. The summed E-state index contributed by atoms with van der Waals surface area (Å²) in [6.07, 6.45) is 1.42. The first-order valence-corrected chi connectivity index (χ1v) is 11.6. The molecule has 0 N–H and O–H groups in total. The van der Waals surface area contributed by atoms with E-state index in [-0.39, 0.29) is 57.8 Å². The Balaban J connectivity index is 0.00000363. The van der Waals surface area contributed by atoms with Crippen molar-refractivity contribution in [3.8, 4) is 17.0 Å². The molecular formula is C25H28KNO4S. The minimum atomic E-state index is -1.19. The number of nitrogens with zero attached hydrogens (tertiary/aromatic N) is 1. The summed E-state index contributed by atoms with van der Waals surface area (Å²) in [6.45, 7) is 5.47. The molecule has 0 unspecified atom stereocenters. The van der Waals surface area contributed by atoms with Crippen LogP contribution in [0.4, 0.5) is 0 Å². The molecule has 1 aromatic heterocycles. The van der Waals surface area contributed by atoms with Crippen molar-refractivity contribution in [1.82, 2.24) is 4.57 Å². The first kappa shape index (κ1) is 27.2. The molecule has 0 radical (unpaired) electrons. The molecule has 3 rings (SSSR count). The molecule has 164 valence electrons. The van der Waals surface area contributed by atoms with Crippen LogP contribution >= 0.6 is 11.8 Å². The zero-order chi connectivity index (χ0) is 22.2. The fraction of sp³-hybridized carbons (Fsp3) is 0.320. The zero-order valence-corrected chi connectivity index (χ0v) is 23.1. The van der Waals surface area contributed by atoms with Crippen LogP contribution in [0.2, 0.25) is 0 Å². The second-order valence-corrected chi connectivity index (χ2v) is 8.08. The van der Waals surface area contributed by atoms with Gasteiger partial charge in [-0.1, -0.05) is 24.3 Å². The molecule has 0 aliphatic rings. The van der Waals surface area contributed by atoms with Crippen LogP contribution in [0.1, 0.15) is 18.2 Å². The van der Waals surface area contributed by atoms with Crippen LogP contribution in [0, 0.1) is 6.92 Å². The summed E-state index contributed by atoms with van der Waals surface area (Å²) in [6, 6.07) is 20.3.